The molecule has 7 nitrogen and oxygen atoms in total. The zero-order valence-electron chi connectivity index (χ0n) is 21.4. The Morgan fingerprint density at radius 1 is 0.974 bits per heavy atom. The van der Waals surface area contributed by atoms with Crippen LogP contribution in [0.2, 0.25) is 0 Å². The number of rotatable bonds is 10. The number of carbonyl (C=O) groups excluding carboxylic acids is 2. The molecule has 0 aliphatic carbocycles. The summed E-state index contributed by atoms with van der Waals surface area (Å²) < 4.78 is 17.4. The minimum absolute atomic E-state index is 0.168. The number of nitrogens with zero attached hydrogens (tertiary/aromatic N) is 1. The molecular weight excluding hydrogens is 520 g/mol. The summed E-state index contributed by atoms with van der Waals surface area (Å²) in [5.41, 5.74) is 3.15. The van der Waals surface area contributed by atoms with E-state index in [0.29, 0.717) is 39.6 Å². The van der Waals surface area contributed by atoms with Crippen molar-refractivity contribution in [3.05, 3.63) is 82.8 Å². The lowest BCUT2D eigenvalue weighted by Gasteiger charge is -2.16. The molecule has 196 valence electrons. The first-order valence-electron chi connectivity index (χ1n) is 12.2. The van der Waals surface area contributed by atoms with E-state index in [2.05, 4.69) is 5.32 Å². The van der Waals surface area contributed by atoms with Crippen molar-refractivity contribution >= 4 is 57.6 Å². The average molecular weight is 549 g/mol. The topological polar surface area (TPSA) is 77.1 Å². The number of amides is 2. The first-order valence-corrected chi connectivity index (χ1v) is 13.4. The number of hydrogen-bond acceptors (Lipinski definition) is 7. The van der Waals surface area contributed by atoms with E-state index in [4.69, 9.17) is 26.4 Å². The molecule has 0 bridgehead atoms. The van der Waals surface area contributed by atoms with Crippen LogP contribution in [0.3, 0.4) is 0 Å². The Balaban J connectivity index is 1.44. The largest absolute Gasteiger partial charge is 0.494 e. The number of para-hydroxylation sites is 1. The van der Waals surface area contributed by atoms with Crippen LogP contribution in [0.5, 0.6) is 17.2 Å². The van der Waals surface area contributed by atoms with Crippen molar-refractivity contribution in [3.63, 3.8) is 0 Å². The van der Waals surface area contributed by atoms with Gasteiger partial charge in [0.1, 0.15) is 5.75 Å². The van der Waals surface area contributed by atoms with Gasteiger partial charge in [0.15, 0.2) is 22.4 Å². The molecular formula is C29H28N2O5S2. The standard InChI is InChI=1S/C29H28N2O5S2/c1-4-34-22-13-11-21(12-14-22)30-27(32)18-36-24-15-10-20(16-25(24)35-5-2)17-26-28(33)31(29(37)38-26)23-9-7-6-8-19(23)3/h6-17H,4-5,18H2,1-3H3,(H,30,32)/b26-17-. The van der Waals surface area contributed by atoms with Gasteiger partial charge in [-0.15, -0.1) is 0 Å². The van der Waals surface area contributed by atoms with Crippen LogP contribution in [0.15, 0.2) is 71.6 Å². The number of aryl methyl sites for hydroxylation is 1. The number of hydrogen-bond donors (Lipinski definition) is 1. The second kappa shape index (κ2) is 12.6. The highest BCUT2D eigenvalue weighted by molar-refractivity contribution is 8.27. The Labute approximate surface area is 231 Å². The van der Waals surface area contributed by atoms with Crippen LogP contribution < -0.4 is 24.4 Å². The van der Waals surface area contributed by atoms with Gasteiger partial charge in [0.25, 0.3) is 11.8 Å². The molecule has 0 radical (unpaired) electrons. The molecule has 1 aliphatic heterocycles. The third kappa shape index (κ3) is 6.54. The maximum Gasteiger partial charge on any atom is 0.270 e. The lowest BCUT2D eigenvalue weighted by atomic mass is 10.1. The highest BCUT2D eigenvalue weighted by atomic mass is 32.2. The van der Waals surface area contributed by atoms with Gasteiger partial charge >= 0.3 is 0 Å². The van der Waals surface area contributed by atoms with Crippen LogP contribution >= 0.6 is 24.0 Å². The van der Waals surface area contributed by atoms with Crippen LogP contribution in [0, 0.1) is 6.92 Å². The molecule has 1 saturated heterocycles. The van der Waals surface area contributed by atoms with Gasteiger partial charge in [-0.25, -0.2) is 0 Å². The molecule has 2 amide bonds. The van der Waals surface area contributed by atoms with Gasteiger partial charge in [0.2, 0.25) is 0 Å². The number of anilines is 2. The molecule has 0 spiro atoms. The van der Waals surface area contributed by atoms with E-state index in [0.717, 1.165) is 22.6 Å². The molecule has 38 heavy (non-hydrogen) atoms. The molecule has 0 unspecified atom stereocenters. The summed E-state index contributed by atoms with van der Waals surface area (Å²) in [6.45, 7) is 6.52. The summed E-state index contributed by atoms with van der Waals surface area (Å²) in [5, 5.41) is 2.80. The molecule has 0 atom stereocenters. The SMILES string of the molecule is CCOc1ccc(NC(=O)COc2ccc(/C=C3\SC(=S)N(c4ccccc4C)C3=O)cc2OCC)cc1. The number of ether oxygens (including phenoxy) is 3. The summed E-state index contributed by atoms with van der Waals surface area (Å²) in [6.07, 6.45) is 1.78. The van der Waals surface area contributed by atoms with Gasteiger partial charge in [-0.3, -0.25) is 14.5 Å². The van der Waals surface area contributed by atoms with Gasteiger partial charge in [0, 0.05) is 5.69 Å². The maximum atomic E-state index is 13.2. The second-order valence-corrected chi connectivity index (χ2v) is 9.91. The molecule has 4 rings (SSSR count). The predicted molar refractivity (Wildman–Crippen MR) is 156 cm³/mol. The third-order valence-electron chi connectivity index (χ3n) is 5.52. The second-order valence-electron chi connectivity index (χ2n) is 8.24. The number of carbonyl (C=O) groups is 2. The summed E-state index contributed by atoms with van der Waals surface area (Å²) in [7, 11) is 0. The number of nitrogens with one attached hydrogen (secondary N) is 1. The van der Waals surface area contributed by atoms with Gasteiger partial charge in [-0.1, -0.05) is 48.2 Å². The smallest absolute Gasteiger partial charge is 0.270 e. The highest BCUT2D eigenvalue weighted by Crippen LogP contribution is 2.38. The quantitative estimate of drug-likeness (QED) is 0.238. The first kappa shape index (κ1) is 27.2. The lowest BCUT2D eigenvalue weighted by molar-refractivity contribution is -0.118. The van der Waals surface area contributed by atoms with Crippen molar-refractivity contribution in [2.24, 2.45) is 0 Å². The molecule has 1 heterocycles. The molecule has 1 aliphatic rings. The van der Waals surface area contributed by atoms with Gasteiger partial charge in [-0.2, -0.15) is 0 Å². The van der Waals surface area contributed by atoms with Crippen LogP contribution in [0.1, 0.15) is 25.0 Å². The molecule has 0 saturated carbocycles. The number of thioether (sulfide) groups is 1. The Morgan fingerprint density at radius 2 is 1.71 bits per heavy atom. The first-order chi connectivity index (χ1) is 18.4. The summed E-state index contributed by atoms with van der Waals surface area (Å²) >= 11 is 6.76. The zero-order chi connectivity index (χ0) is 27.1. The number of benzene rings is 3. The zero-order valence-corrected chi connectivity index (χ0v) is 23.0. The Kier molecular flexibility index (Phi) is 9.04. The highest BCUT2D eigenvalue weighted by Gasteiger charge is 2.34. The van der Waals surface area contributed by atoms with Crippen LogP contribution in [0.25, 0.3) is 6.08 Å². The van der Waals surface area contributed by atoms with E-state index in [1.54, 1.807) is 47.4 Å². The van der Waals surface area contributed by atoms with E-state index >= 15 is 0 Å². The van der Waals surface area contributed by atoms with Crippen LogP contribution in [0.4, 0.5) is 11.4 Å². The van der Waals surface area contributed by atoms with E-state index in [1.165, 1.54) is 11.8 Å². The van der Waals surface area contributed by atoms with Gasteiger partial charge in [-0.05, 0) is 80.4 Å². The molecule has 9 heteroatoms. The van der Waals surface area contributed by atoms with E-state index in [1.807, 2.05) is 51.1 Å². The molecule has 0 aromatic heterocycles. The predicted octanol–water partition coefficient (Wildman–Crippen LogP) is 6.22. The van der Waals surface area contributed by atoms with Crippen LogP contribution in [-0.4, -0.2) is 36.0 Å². The van der Waals surface area contributed by atoms with Crippen molar-refractivity contribution in [2.75, 3.05) is 30.0 Å². The minimum Gasteiger partial charge on any atom is -0.494 e. The number of thiocarbonyl (C=S) groups is 1. The van der Waals surface area contributed by atoms with Crippen molar-refractivity contribution in [3.8, 4) is 17.2 Å². The average Bonchev–Trinajstić information content (AvgIpc) is 3.17. The fourth-order valence-electron chi connectivity index (χ4n) is 3.78. The van der Waals surface area contributed by atoms with E-state index < -0.39 is 0 Å². The Bertz CT molecular complexity index is 1370. The summed E-state index contributed by atoms with van der Waals surface area (Å²) in [6, 6.07) is 20.1. The maximum absolute atomic E-state index is 13.2. The lowest BCUT2D eigenvalue weighted by Crippen LogP contribution is -2.28. The van der Waals surface area contributed by atoms with Crippen molar-refractivity contribution in [1.29, 1.82) is 0 Å². The van der Waals surface area contributed by atoms with Crippen molar-refractivity contribution < 1.29 is 23.8 Å². The fraction of sp³-hybridized carbons (Fsp3) is 0.207. The third-order valence-corrected chi connectivity index (χ3v) is 6.83. The molecule has 3 aromatic rings. The minimum atomic E-state index is -0.305. The fourth-order valence-corrected chi connectivity index (χ4v) is 5.07. The summed E-state index contributed by atoms with van der Waals surface area (Å²) in [5.74, 6) is 1.17. The van der Waals surface area contributed by atoms with E-state index in [9.17, 15) is 9.59 Å². The van der Waals surface area contributed by atoms with Crippen LogP contribution in [-0.2, 0) is 9.59 Å². The van der Waals surface area contributed by atoms with E-state index in [-0.39, 0.29) is 18.4 Å². The van der Waals surface area contributed by atoms with Crippen molar-refractivity contribution in [2.45, 2.75) is 20.8 Å². The Hall–Kier alpha value is -3.82. The normalized spacial score (nSPS) is 14.1. The van der Waals surface area contributed by atoms with Crippen molar-refractivity contribution in [1.82, 2.24) is 0 Å². The molecule has 1 fully saturated rings. The van der Waals surface area contributed by atoms with Gasteiger partial charge in [0.05, 0.1) is 23.8 Å². The summed E-state index contributed by atoms with van der Waals surface area (Å²) in [4.78, 5) is 27.7. The molecule has 1 N–H and O–H groups in total. The molecule has 3 aromatic carbocycles. The monoisotopic (exact) mass is 548 g/mol. The van der Waals surface area contributed by atoms with Gasteiger partial charge < -0.3 is 19.5 Å². The Morgan fingerprint density at radius 3 is 2.42 bits per heavy atom.